The molecule has 3 aliphatic heterocycles. The Morgan fingerprint density at radius 1 is 1.10 bits per heavy atom. The number of benzene rings is 1. The van der Waals surface area contributed by atoms with Crippen molar-refractivity contribution in [1.29, 1.82) is 0 Å². The highest BCUT2D eigenvalue weighted by atomic mass is 32.2. The van der Waals surface area contributed by atoms with E-state index in [0.29, 0.717) is 38.3 Å². The van der Waals surface area contributed by atoms with Gasteiger partial charge >= 0.3 is 0 Å². The first-order valence-electron chi connectivity index (χ1n) is 9.71. The maximum atomic E-state index is 13.6. The van der Waals surface area contributed by atoms with Crippen LogP contribution in [0.1, 0.15) is 23.6 Å². The average Bonchev–Trinajstić information content (AvgIpc) is 3.30. The molecule has 29 heavy (non-hydrogen) atoms. The van der Waals surface area contributed by atoms with E-state index >= 15 is 0 Å². The minimum absolute atomic E-state index is 0.160. The Labute approximate surface area is 169 Å². The molecule has 2 atom stereocenters. The molecule has 0 saturated carbocycles. The number of nitrogens with zero attached hydrogens (tertiary/aromatic N) is 3. The van der Waals surface area contributed by atoms with Crippen molar-refractivity contribution in [3.63, 3.8) is 0 Å². The predicted molar refractivity (Wildman–Crippen MR) is 106 cm³/mol. The molecular formula is C20H22N4O4S. The molecule has 3 aliphatic rings. The molecule has 2 fully saturated rings. The molecular weight excluding hydrogens is 392 g/mol. The van der Waals surface area contributed by atoms with Crippen LogP contribution in [0.4, 0.5) is 5.69 Å². The molecule has 9 heteroatoms. The lowest BCUT2D eigenvalue weighted by atomic mass is 9.73. The third kappa shape index (κ3) is 2.72. The maximum Gasteiger partial charge on any atom is 0.282 e. The summed E-state index contributed by atoms with van der Waals surface area (Å²) in [5.74, 6) is -0.160. The monoisotopic (exact) mass is 414 g/mol. The Kier molecular flexibility index (Phi) is 4.43. The van der Waals surface area contributed by atoms with Crippen LogP contribution in [-0.4, -0.2) is 60.8 Å². The van der Waals surface area contributed by atoms with E-state index in [-0.39, 0.29) is 12.5 Å². The summed E-state index contributed by atoms with van der Waals surface area (Å²) in [4.78, 5) is 17.5. The molecule has 1 N–H and O–H groups in total. The fraction of sp³-hybridized carbons (Fsp3) is 0.400. The van der Waals surface area contributed by atoms with Gasteiger partial charge in [-0.2, -0.15) is 17.0 Å². The van der Waals surface area contributed by atoms with Gasteiger partial charge in [0.15, 0.2) is 0 Å². The summed E-state index contributed by atoms with van der Waals surface area (Å²) in [6.45, 7) is 1.64. The Bertz CT molecular complexity index is 1040. The van der Waals surface area contributed by atoms with E-state index in [9.17, 15) is 13.2 Å². The lowest BCUT2D eigenvalue weighted by Gasteiger charge is -2.37. The number of nitrogens with one attached hydrogen (secondary N) is 1. The third-order valence-corrected chi connectivity index (χ3v) is 8.14. The Morgan fingerprint density at radius 3 is 2.66 bits per heavy atom. The molecule has 1 amide bonds. The molecule has 8 nitrogen and oxygen atoms in total. The lowest BCUT2D eigenvalue weighted by molar-refractivity contribution is -0.121. The number of carbonyl (C=O) groups excluding carboxylic acids is 1. The number of morpholine rings is 1. The zero-order chi connectivity index (χ0) is 20.1. The first-order chi connectivity index (χ1) is 14.0. The van der Waals surface area contributed by atoms with E-state index in [1.807, 2.05) is 30.3 Å². The Morgan fingerprint density at radius 2 is 1.90 bits per heavy atom. The molecule has 2 aromatic rings. The molecule has 2 unspecified atom stereocenters. The quantitative estimate of drug-likeness (QED) is 0.817. The minimum atomic E-state index is -3.77. The first kappa shape index (κ1) is 18.7. The number of fused-ring (bicyclic) bond motifs is 2. The molecule has 1 aromatic carbocycles. The average molecular weight is 414 g/mol. The van der Waals surface area contributed by atoms with E-state index < -0.39 is 21.7 Å². The van der Waals surface area contributed by atoms with Gasteiger partial charge in [-0.3, -0.25) is 9.78 Å². The van der Waals surface area contributed by atoms with Crippen LogP contribution in [0.25, 0.3) is 0 Å². The zero-order valence-corrected chi connectivity index (χ0v) is 16.6. The number of para-hydroxylation sites is 1. The van der Waals surface area contributed by atoms with Gasteiger partial charge in [-0.1, -0.05) is 24.3 Å². The van der Waals surface area contributed by atoms with E-state index in [1.165, 1.54) is 8.61 Å². The number of hydrogen-bond acceptors (Lipinski definition) is 5. The van der Waals surface area contributed by atoms with Crippen LogP contribution in [0.5, 0.6) is 0 Å². The largest absolute Gasteiger partial charge is 0.379 e. The fourth-order valence-electron chi connectivity index (χ4n) is 4.82. The number of carbonyl (C=O) groups is 1. The number of rotatable bonds is 3. The van der Waals surface area contributed by atoms with Crippen molar-refractivity contribution in [2.24, 2.45) is 0 Å². The summed E-state index contributed by atoms with van der Waals surface area (Å²) >= 11 is 0. The van der Waals surface area contributed by atoms with Crippen molar-refractivity contribution in [3.8, 4) is 0 Å². The summed E-state index contributed by atoms with van der Waals surface area (Å²) in [7, 11) is -3.77. The van der Waals surface area contributed by atoms with Crippen molar-refractivity contribution in [2.45, 2.75) is 17.9 Å². The van der Waals surface area contributed by atoms with Crippen molar-refractivity contribution < 1.29 is 17.9 Å². The summed E-state index contributed by atoms with van der Waals surface area (Å²) < 4.78 is 35.4. The standard InChI is InChI=1S/C20H22N4O4S/c25-19-20(16-5-1-2-6-17(16)22-19)7-9-24(18(20)15-4-3-8-21-14-15)29(26,27)23-10-12-28-13-11-23/h1-6,8,14,18H,7,9-13H2,(H,22,25). The van der Waals surface area contributed by atoms with Crippen LogP contribution in [0, 0.1) is 0 Å². The summed E-state index contributed by atoms with van der Waals surface area (Å²) in [6, 6.07) is 10.5. The van der Waals surface area contributed by atoms with Crippen molar-refractivity contribution >= 4 is 21.8 Å². The number of amides is 1. The van der Waals surface area contributed by atoms with Gasteiger partial charge in [0.25, 0.3) is 10.2 Å². The lowest BCUT2D eigenvalue weighted by Crippen LogP contribution is -2.50. The molecule has 0 radical (unpaired) electrons. The maximum absolute atomic E-state index is 13.6. The third-order valence-electron chi connectivity index (χ3n) is 6.14. The highest BCUT2D eigenvalue weighted by Crippen LogP contribution is 2.55. The van der Waals surface area contributed by atoms with Gasteiger partial charge in [0, 0.05) is 37.7 Å². The Balaban J connectivity index is 1.66. The van der Waals surface area contributed by atoms with Gasteiger partial charge in [-0.25, -0.2) is 0 Å². The van der Waals surface area contributed by atoms with Crippen LogP contribution in [0.3, 0.4) is 0 Å². The SMILES string of the molecule is O=C1Nc2ccccc2C12CCN(S(=O)(=O)N1CCOCC1)C2c1cccnc1. The summed E-state index contributed by atoms with van der Waals surface area (Å²) in [6.07, 6.45) is 3.72. The molecule has 5 rings (SSSR count). The van der Waals surface area contributed by atoms with Crippen LogP contribution < -0.4 is 5.32 Å². The number of anilines is 1. The van der Waals surface area contributed by atoms with Gasteiger partial charge in [-0.05, 0) is 29.7 Å². The topological polar surface area (TPSA) is 91.8 Å². The van der Waals surface area contributed by atoms with Gasteiger partial charge < -0.3 is 10.1 Å². The van der Waals surface area contributed by atoms with Gasteiger partial charge in [0.1, 0.15) is 0 Å². The molecule has 4 heterocycles. The normalized spacial score (nSPS) is 27.9. The summed E-state index contributed by atoms with van der Waals surface area (Å²) in [5, 5.41) is 2.97. The smallest absolute Gasteiger partial charge is 0.282 e. The van der Waals surface area contributed by atoms with Gasteiger partial charge in [0.05, 0.1) is 24.7 Å². The minimum Gasteiger partial charge on any atom is -0.379 e. The molecule has 1 aromatic heterocycles. The molecule has 0 aliphatic carbocycles. The number of aromatic nitrogens is 1. The van der Waals surface area contributed by atoms with Gasteiger partial charge in [-0.15, -0.1) is 0 Å². The second-order valence-electron chi connectivity index (χ2n) is 7.54. The van der Waals surface area contributed by atoms with Crippen LogP contribution in [0.15, 0.2) is 48.8 Å². The van der Waals surface area contributed by atoms with Crippen LogP contribution in [-0.2, 0) is 25.2 Å². The van der Waals surface area contributed by atoms with E-state index in [1.54, 1.807) is 18.5 Å². The van der Waals surface area contributed by atoms with E-state index in [4.69, 9.17) is 4.74 Å². The van der Waals surface area contributed by atoms with Crippen molar-refractivity contribution in [3.05, 3.63) is 59.9 Å². The van der Waals surface area contributed by atoms with E-state index in [0.717, 1.165) is 11.3 Å². The second-order valence-corrected chi connectivity index (χ2v) is 9.42. The number of hydrogen-bond donors (Lipinski definition) is 1. The fourth-order valence-corrected chi connectivity index (χ4v) is 6.62. The van der Waals surface area contributed by atoms with E-state index in [2.05, 4.69) is 10.3 Å². The predicted octanol–water partition coefficient (Wildman–Crippen LogP) is 1.30. The number of ether oxygens (including phenoxy) is 1. The molecule has 0 bridgehead atoms. The van der Waals surface area contributed by atoms with Crippen molar-refractivity contribution in [2.75, 3.05) is 38.2 Å². The van der Waals surface area contributed by atoms with Gasteiger partial charge in [0.2, 0.25) is 5.91 Å². The molecule has 152 valence electrons. The zero-order valence-electron chi connectivity index (χ0n) is 15.8. The molecule has 1 spiro atoms. The Hall–Kier alpha value is -2.33. The number of pyridine rings is 1. The second kappa shape index (κ2) is 6.88. The van der Waals surface area contributed by atoms with Crippen LogP contribution >= 0.6 is 0 Å². The first-order valence-corrected chi connectivity index (χ1v) is 11.1. The summed E-state index contributed by atoms with van der Waals surface area (Å²) in [5.41, 5.74) is 1.34. The highest BCUT2D eigenvalue weighted by Gasteiger charge is 2.61. The van der Waals surface area contributed by atoms with Crippen LogP contribution in [0.2, 0.25) is 0 Å². The molecule has 2 saturated heterocycles. The van der Waals surface area contributed by atoms with Crippen molar-refractivity contribution in [1.82, 2.24) is 13.6 Å². The highest BCUT2D eigenvalue weighted by molar-refractivity contribution is 7.86.